The van der Waals surface area contributed by atoms with Crippen molar-refractivity contribution < 1.29 is 13.2 Å². The van der Waals surface area contributed by atoms with Crippen LogP contribution in [0, 0.1) is 0 Å². The Morgan fingerprint density at radius 2 is 1.62 bits per heavy atom. The third-order valence-corrected chi connectivity index (χ3v) is 4.79. The van der Waals surface area contributed by atoms with Gasteiger partial charge in [-0.25, -0.2) is 13.6 Å². The van der Waals surface area contributed by atoms with Gasteiger partial charge in [-0.05, 0) is 29.7 Å². The molecule has 0 aliphatic carbocycles. The molecule has 0 aromatic heterocycles. The summed E-state index contributed by atoms with van der Waals surface area (Å²) in [6, 6.07) is 16.9. The molecule has 1 aliphatic rings. The Hall–Kier alpha value is -1.69. The van der Waals surface area contributed by atoms with Crippen LogP contribution < -0.4 is 5.14 Å². The predicted molar refractivity (Wildman–Crippen MR) is 80.3 cm³/mol. The summed E-state index contributed by atoms with van der Waals surface area (Å²) in [6.45, 7) is 0.709. The molecular weight excluding hydrogens is 286 g/mol. The molecule has 0 saturated carbocycles. The lowest BCUT2D eigenvalue weighted by atomic mass is 9.89. The lowest BCUT2D eigenvalue weighted by molar-refractivity contribution is 0.104. The number of sulfonamides is 1. The van der Waals surface area contributed by atoms with E-state index in [9.17, 15) is 8.42 Å². The Morgan fingerprint density at radius 1 is 0.952 bits per heavy atom. The number of primary sulfonamides is 1. The quantitative estimate of drug-likeness (QED) is 0.947. The van der Waals surface area contributed by atoms with Gasteiger partial charge in [-0.2, -0.15) is 0 Å². The van der Waals surface area contributed by atoms with Crippen molar-refractivity contribution in [1.29, 1.82) is 0 Å². The van der Waals surface area contributed by atoms with Gasteiger partial charge in [0.25, 0.3) is 0 Å². The van der Waals surface area contributed by atoms with E-state index in [-0.39, 0.29) is 16.9 Å². The first kappa shape index (κ1) is 14.3. The van der Waals surface area contributed by atoms with Gasteiger partial charge in [-0.3, -0.25) is 0 Å². The molecule has 0 radical (unpaired) electrons. The molecule has 1 fully saturated rings. The van der Waals surface area contributed by atoms with Crippen LogP contribution in [0.25, 0.3) is 0 Å². The van der Waals surface area contributed by atoms with Crippen LogP contribution in [-0.4, -0.2) is 15.0 Å². The molecule has 1 heterocycles. The van der Waals surface area contributed by atoms with Crippen molar-refractivity contribution in [2.75, 3.05) is 6.61 Å². The maximum atomic E-state index is 11.3. The topological polar surface area (TPSA) is 69.4 Å². The molecule has 4 nitrogen and oxygen atoms in total. The van der Waals surface area contributed by atoms with E-state index in [2.05, 4.69) is 12.1 Å². The molecule has 2 N–H and O–H groups in total. The minimum Gasteiger partial charge on any atom is -0.373 e. The van der Waals surface area contributed by atoms with Crippen molar-refractivity contribution in [2.45, 2.75) is 23.3 Å². The molecular formula is C16H17NO3S. The average Bonchev–Trinajstić information content (AvgIpc) is 2.97. The molecule has 2 unspecified atom stereocenters. The van der Waals surface area contributed by atoms with E-state index in [0.717, 1.165) is 17.5 Å². The second-order valence-electron chi connectivity index (χ2n) is 5.21. The summed E-state index contributed by atoms with van der Waals surface area (Å²) in [4.78, 5) is 0.140. The van der Waals surface area contributed by atoms with Crippen LogP contribution in [0.1, 0.15) is 29.6 Å². The Balaban J connectivity index is 1.89. The van der Waals surface area contributed by atoms with Gasteiger partial charge in [0.1, 0.15) is 0 Å². The smallest absolute Gasteiger partial charge is 0.238 e. The monoisotopic (exact) mass is 303 g/mol. The van der Waals surface area contributed by atoms with Crippen molar-refractivity contribution >= 4 is 10.0 Å². The third-order valence-electron chi connectivity index (χ3n) is 3.86. The van der Waals surface area contributed by atoms with Crippen molar-refractivity contribution in [2.24, 2.45) is 5.14 Å². The summed E-state index contributed by atoms with van der Waals surface area (Å²) in [7, 11) is -3.64. The zero-order valence-corrected chi connectivity index (χ0v) is 12.3. The molecule has 1 saturated heterocycles. The van der Waals surface area contributed by atoms with Gasteiger partial charge >= 0.3 is 0 Å². The molecule has 0 spiro atoms. The number of nitrogens with two attached hydrogens (primary N) is 1. The van der Waals surface area contributed by atoms with Gasteiger partial charge in [0.2, 0.25) is 10.0 Å². The van der Waals surface area contributed by atoms with Crippen molar-refractivity contribution in [3.63, 3.8) is 0 Å². The van der Waals surface area contributed by atoms with E-state index in [1.807, 2.05) is 30.3 Å². The van der Waals surface area contributed by atoms with Gasteiger partial charge < -0.3 is 4.74 Å². The maximum absolute atomic E-state index is 11.3. The van der Waals surface area contributed by atoms with Crippen LogP contribution in [0.15, 0.2) is 59.5 Å². The predicted octanol–water partition coefficient (Wildman–Crippen LogP) is 2.58. The highest BCUT2D eigenvalue weighted by Crippen LogP contribution is 2.41. The fourth-order valence-electron chi connectivity index (χ4n) is 2.81. The first-order chi connectivity index (χ1) is 10.1. The Kier molecular flexibility index (Phi) is 3.80. The summed E-state index contributed by atoms with van der Waals surface area (Å²) in [5, 5.41) is 5.13. The lowest BCUT2D eigenvalue weighted by Crippen LogP contribution is -2.12. The van der Waals surface area contributed by atoms with E-state index < -0.39 is 10.0 Å². The first-order valence-corrected chi connectivity index (χ1v) is 8.39. The van der Waals surface area contributed by atoms with Crippen LogP contribution in [-0.2, 0) is 14.8 Å². The molecule has 21 heavy (non-hydrogen) atoms. The Morgan fingerprint density at radius 3 is 2.24 bits per heavy atom. The van der Waals surface area contributed by atoms with Gasteiger partial charge in [-0.15, -0.1) is 0 Å². The molecule has 110 valence electrons. The summed E-state index contributed by atoms with van der Waals surface area (Å²) < 4.78 is 28.5. The highest BCUT2D eigenvalue weighted by Gasteiger charge is 2.30. The lowest BCUT2D eigenvalue weighted by Gasteiger charge is -2.19. The molecule has 2 aromatic carbocycles. The summed E-state index contributed by atoms with van der Waals surface area (Å²) in [5.74, 6) is 0.238. The highest BCUT2D eigenvalue weighted by atomic mass is 32.2. The van der Waals surface area contributed by atoms with Gasteiger partial charge in [0, 0.05) is 12.5 Å². The largest absolute Gasteiger partial charge is 0.373 e. The van der Waals surface area contributed by atoms with Crippen LogP contribution in [0.5, 0.6) is 0 Å². The number of hydrogen-bond acceptors (Lipinski definition) is 3. The highest BCUT2D eigenvalue weighted by molar-refractivity contribution is 7.89. The molecule has 2 aromatic rings. The van der Waals surface area contributed by atoms with Gasteiger partial charge in [0.15, 0.2) is 0 Å². The fraction of sp³-hybridized carbons (Fsp3) is 0.250. The van der Waals surface area contributed by atoms with E-state index in [1.165, 1.54) is 0 Å². The van der Waals surface area contributed by atoms with Crippen LogP contribution in [0.3, 0.4) is 0 Å². The second kappa shape index (κ2) is 5.60. The number of hydrogen-bond donors (Lipinski definition) is 1. The van der Waals surface area contributed by atoms with Crippen molar-refractivity contribution in [3.8, 4) is 0 Å². The molecule has 2 atom stereocenters. The minimum absolute atomic E-state index is 0.0199. The van der Waals surface area contributed by atoms with Crippen LogP contribution >= 0.6 is 0 Å². The van der Waals surface area contributed by atoms with E-state index in [1.54, 1.807) is 12.1 Å². The Labute approximate surface area is 124 Å². The normalized spacial score (nSPS) is 22.3. The van der Waals surface area contributed by atoms with Crippen LogP contribution in [0.4, 0.5) is 0 Å². The molecule has 5 heteroatoms. The SMILES string of the molecule is NS(=O)(=O)c1ccc(C2CCOC2c2ccccc2)cc1. The number of ether oxygens (including phenoxy) is 1. The molecule has 0 bridgehead atoms. The molecule has 1 aliphatic heterocycles. The van der Waals surface area contributed by atoms with Crippen molar-refractivity contribution in [1.82, 2.24) is 0 Å². The van der Waals surface area contributed by atoms with E-state index >= 15 is 0 Å². The maximum Gasteiger partial charge on any atom is 0.238 e. The van der Waals surface area contributed by atoms with Gasteiger partial charge in [0.05, 0.1) is 11.0 Å². The first-order valence-electron chi connectivity index (χ1n) is 6.85. The number of rotatable bonds is 3. The second-order valence-corrected chi connectivity index (χ2v) is 6.77. The standard InChI is InChI=1S/C16H17NO3S/c17-21(18,19)14-8-6-12(7-9-14)15-10-11-20-16(15)13-4-2-1-3-5-13/h1-9,15-16H,10-11H2,(H2,17,18,19). The third kappa shape index (κ3) is 3.00. The minimum atomic E-state index is -3.64. The summed E-state index contributed by atoms with van der Waals surface area (Å²) in [5.41, 5.74) is 2.23. The van der Waals surface area contributed by atoms with Crippen LogP contribution in [0.2, 0.25) is 0 Å². The number of benzene rings is 2. The summed E-state index contributed by atoms with van der Waals surface area (Å²) >= 11 is 0. The van der Waals surface area contributed by atoms with E-state index in [4.69, 9.17) is 9.88 Å². The summed E-state index contributed by atoms with van der Waals surface area (Å²) in [6.07, 6.45) is 0.945. The Bertz CT molecular complexity index is 711. The molecule has 3 rings (SSSR count). The average molecular weight is 303 g/mol. The van der Waals surface area contributed by atoms with Gasteiger partial charge in [-0.1, -0.05) is 42.5 Å². The van der Waals surface area contributed by atoms with Crippen molar-refractivity contribution in [3.05, 3.63) is 65.7 Å². The molecule has 0 amide bonds. The zero-order chi connectivity index (χ0) is 14.9. The fourth-order valence-corrected chi connectivity index (χ4v) is 3.32. The zero-order valence-electron chi connectivity index (χ0n) is 11.5. The van der Waals surface area contributed by atoms with E-state index in [0.29, 0.717) is 6.61 Å².